The minimum atomic E-state index is -0.730. The van der Waals surface area contributed by atoms with Crippen molar-refractivity contribution < 1.29 is 19.2 Å². The fraction of sp³-hybridized carbons (Fsp3) is 0.688. The van der Waals surface area contributed by atoms with Gasteiger partial charge in [0.05, 0.1) is 12.1 Å². The maximum Gasteiger partial charge on any atom is 0.246 e. The molecule has 3 aliphatic rings. The zero-order chi connectivity index (χ0) is 29.7. The van der Waals surface area contributed by atoms with Crippen LogP contribution >= 0.6 is 0 Å². The second-order valence-corrected chi connectivity index (χ2v) is 13.2. The highest BCUT2D eigenvalue weighted by molar-refractivity contribution is 5.94. The lowest BCUT2D eigenvalue weighted by atomic mass is 9.83. The van der Waals surface area contributed by atoms with E-state index >= 15 is 0 Å². The molecule has 1 heterocycles. The second kappa shape index (κ2) is 13.4. The number of carbonyl (C=O) groups excluding carboxylic acids is 4. The fourth-order valence-corrected chi connectivity index (χ4v) is 6.44. The highest BCUT2D eigenvalue weighted by atomic mass is 16.2. The summed E-state index contributed by atoms with van der Waals surface area (Å²) in [5.74, 6) is -0.762. The summed E-state index contributed by atoms with van der Waals surface area (Å²) in [6, 6.07) is 5.86. The van der Waals surface area contributed by atoms with Crippen LogP contribution in [0.3, 0.4) is 0 Å². The summed E-state index contributed by atoms with van der Waals surface area (Å²) in [5.41, 5.74) is 1.79. The van der Waals surface area contributed by atoms with Gasteiger partial charge >= 0.3 is 0 Å². The molecule has 0 bridgehead atoms. The third-order valence-electron chi connectivity index (χ3n) is 9.10. The SMILES string of the molecule is CN[C@@H](C)C(=O)N[C@H](C(=O)N1C[C@@H](NC(=O)C(C)(C)C)C[C@H]1C(=O)N[C@@H]1CCCc2ccccc21)C1CCCCC1. The number of amides is 4. The normalized spacial score (nSPS) is 24.6. The van der Waals surface area contributed by atoms with Gasteiger partial charge in [-0.1, -0.05) is 64.3 Å². The fourth-order valence-electron chi connectivity index (χ4n) is 6.44. The van der Waals surface area contributed by atoms with E-state index in [1.54, 1.807) is 18.9 Å². The van der Waals surface area contributed by atoms with Crippen LogP contribution in [0, 0.1) is 11.3 Å². The lowest BCUT2D eigenvalue weighted by molar-refractivity contribution is -0.143. The summed E-state index contributed by atoms with van der Waals surface area (Å²) >= 11 is 0. The van der Waals surface area contributed by atoms with E-state index in [2.05, 4.69) is 33.4 Å². The highest BCUT2D eigenvalue weighted by Crippen LogP contribution is 2.32. The van der Waals surface area contributed by atoms with Crippen molar-refractivity contribution in [3.8, 4) is 0 Å². The largest absolute Gasteiger partial charge is 0.351 e. The molecule has 5 atom stereocenters. The van der Waals surface area contributed by atoms with E-state index in [0.717, 1.165) is 56.9 Å². The molecule has 1 aromatic rings. The van der Waals surface area contributed by atoms with Gasteiger partial charge in [0.15, 0.2) is 0 Å². The molecule has 0 spiro atoms. The number of likely N-dealkylation sites (tertiary alicyclic amines) is 1. The molecule has 1 aliphatic heterocycles. The van der Waals surface area contributed by atoms with E-state index in [1.807, 2.05) is 32.9 Å². The molecule has 1 aromatic carbocycles. The smallest absolute Gasteiger partial charge is 0.246 e. The molecule has 226 valence electrons. The number of carbonyl (C=O) groups is 4. The zero-order valence-electron chi connectivity index (χ0n) is 25.4. The Hall–Kier alpha value is -2.94. The number of likely N-dealkylation sites (N-methyl/N-ethyl adjacent to an activating group) is 1. The summed E-state index contributed by atoms with van der Waals surface area (Å²) in [7, 11) is 1.72. The Morgan fingerprint density at radius 3 is 2.34 bits per heavy atom. The molecular formula is C32H49N5O4. The number of hydrogen-bond donors (Lipinski definition) is 4. The molecule has 2 aliphatic carbocycles. The van der Waals surface area contributed by atoms with Crippen molar-refractivity contribution in [2.45, 2.75) is 116 Å². The first kappa shape index (κ1) is 31.0. The first-order valence-electron chi connectivity index (χ1n) is 15.5. The van der Waals surface area contributed by atoms with Crippen LogP contribution in [0.25, 0.3) is 0 Å². The Morgan fingerprint density at radius 1 is 0.951 bits per heavy atom. The van der Waals surface area contributed by atoms with Gasteiger partial charge < -0.3 is 26.2 Å². The molecule has 9 heteroatoms. The Bertz CT molecular complexity index is 1110. The van der Waals surface area contributed by atoms with Gasteiger partial charge in [-0.3, -0.25) is 19.2 Å². The number of aryl methyl sites for hydroxylation is 1. The number of nitrogens with one attached hydrogen (secondary N) is 4. The molecule has 1 saturated carbocycles. The van der Waals surface area contributed by atoms with E-state index < -0.39 is 23.5 Å². The number of rotatable bonds is 8. The predicted molar refractivity (Wildman–Crippen MR) is 159 cm³/mol. The van der Waals surface area contributed by atoms with Crippen molar-refractivity contribution in [3.63, 3.8) is 0 Å². The van der Waals surface area contributed by atoms with Crippen LogP contribution in [0.15, 0.2) is 24.3 Å². The quantitative estimate of drug-likeness (QED) is 0.385. The van der Waals surface area contributed by atoms with Crippen LogP contribution in [-0.2, 0) is 25.6 Å². The molecule has 9 nitrogen and oxygen atoms in total. The molecular weight excluding hydrogens is 518 g/mol. The van der Waals surface area contributed by atoms with Gasteiger partial charge in [0, 0.05) is 18.0 Å². The average Bonchev–Trinajstić information content (AvgIpc) is 3.39. The lowest BCUT2D eigenvalue weighted by Crippen LogP contribution is -2.58. The van der Waals surface area contributed by atoms with Crippen LogP contribution in [0.5, 0.6) is 0 Å². The average molecular weight is 568 g/mol. The summed E-state index contributed by atoms with van der Waals surface area (Å²) in [5, 5.41) is 12.3. The monoisotopic (exact) mass is 567 g/mol. The van der Waals surface area contributed by atoms with E-state index in [0.29, 0.717) is 6.42 Å². The third kappa shape index (κ3) is 7.48. The van der Waals surface area contributed by atoms with Crippen LogP contribution in [0.4, 0.5) is 0 Å². The van der Waals surface area contributed by atoms with Gasteiger partial charge in [0.2, 0.25) is 23.6 Å². The molecule has 0 aromatic heterocycles. The molecule has 1 saturated heterocycles. The van der Waals surface area contributed by atoms with Gasteiger partial charge in [-0.05, 0) is 69.5 Å². The maximum absolute atomic E-state index is 14.3. The molecule has 41 heavy (non-hydrogen) atoms. The van der Waals surface area contributed by atoms with Crippen LogP contribution in [0.2, 0.25) is 0 Å². The Morgan fingerprint density at radius 2 is 1.66 bits per heavy atom. The molecule has 4 N–H and O–H groups in total. The van der Waals surface area contributed by atoms with E-state index in [9.17, 15) is 19.2 Å². The Kier molecular flexibility index (Phi) is 10.1. The van der Waals surface area contributed by atoms with E-state index in [4.69, 9.17) is 0 Å². The summed E-state index contributed by atoms with van der Waals surface area (Å²) in [6.07, 6.45) is 8.03. The molecule has 4 amide bonds. The van der Waals surface area contributed by atoms with Gasteiger partial charge in [0.1, 0.15) is 12.1 Å². The van der Waals surface area contributed by atoms with Crippen molar-refractivity contribution >= 4 is 23.6 Å². The van der Waals surface area contributed by atoms with Gasteiger partial charge in [0.25, 0.3) is 0 Å². The number of benzene rings is 1. The molecule has 4 rings (SSSR count). The number of fused-ring (bicyclic) bond motifs is 1. The Balaban J connectivity index is 1.59. The van der Waals surface area contributed by atoms with Crippen LogP contribution < -0.4 is 21.3 Å². The Labute approximate surface area is 245 Å². The van der Waals surface area contributed by atoms with Crippen molar-refractivity contribution in [2.24, 2.45) is 11.3 Å². The molecule has 0 radical (unpaired) electrons. The van der Waals surface area contributed by atoms with Gasteiger partial charge in [-0.25, -0.2) is 0 Å². The standard InChI is InChI=1S/C32H49N5O4/c1-20(33-5)28(38)36-27(22-13-7-6-8-14-22)30(40)37-19-23(34-31(41)32(2,3)4)18-26(37)29(39)35-25-17-11-15-21-12-9-10-16-24(21)25/h9-10,12,16,20,22-23,25-27,33H,6-8,11,13-15,17-19H2,1-5H3,(H,34,41)(H,35,39)(H,36,38)/t20-,23-,25+,26-,27-/m0/s1. The van der Waals surface area contributed by atoms with E-state index in [-0.39, 0.29) is 48.2 Å². The van der Waals surface area contributed by atoms with Crippen LogP contribution in [-0.4, -0.2) is 66.3 Å². The van der Waals surface area contributed by atoms with Gasteiger partial charge in [-0.15, -0.1) is 0 Å². The van der Waals surface area contributed by atoms with Crippen molar-refractivity contribution in [2.75, 3.05) is 13.6 Å². The number of nitrogens with zero attached hydrogens (tertiary/aromatic N) is 1. The van der Waals surface area contributed by atoms with Crippen LogP contribution in [0.1, 0.15) is 96.2 Å². The van der Waals surface area contributed by atoms with Crippen molar-refractivity contribution in [3.05, 3.63) is 35.4 Å². The molecule has 2 fully saturated rings. The second-order valence-electron chi connectivity index (χ2n) is 13.2. The first-order chi connectivity index (χ1) is 19.5. The zero-order valence-corrected chi connectivity index (χ0v) is 25.4. The molecule has 0 unspecified atom stereocenters. The van der Waals surface area contributed by atoms with Gasteiger partial charge in [-0.2, -0.15) is 0 Å². The van der Waals surface area contributed by atoms with Crippen molar-refractivity contribution in [1.29, 1.82) is 0 Å². The minimum Gasteiger partial charge on any atom is -0.351 e. The lowest BCUT2D eigenvalue weighted by Gasteiger charge is -2.35. The van der Waals surface area contributed by atoms with E-state index in [1.165, 1.54) is 5.56 Å². The summed E-state index contributed by atoms with van der Waals surface area (Å²) < 4.78 is 0. The maximum atomic E-state index is 14.3. The first-order valence-corrected chi connectivity index (χ1v) is 15.5. The summed E-state index contributed by atoms with van der Waals surface area (Å²) in [6.45, 7) is 7.55. The number of hydrogen-bond acceptors (Lipinski definition) is 5. The highest BCUT2D eigenvalue weighted by Gasteiger charge is 2.45. The topological polar surface area (TPSA) is 120 Å². The minimum absolute atomic E-state index is 0.0152. The third-order valence-corrected chi connectivity index (χ3v) is 9.10. The predicted octanol–water partition coefficient (Wildman–Crippen LogP) is 2.99. The summed E-state index contributed by atoms with van der Waals surface area (Å²) in [4.78, 5) is 55.7. The van der Waals surface area contributed by atoms with Crippen molar-refractivity contribution in [1.82, 2.24) is 26.2 Å².